The number of aryl methyl sites for hydroxylation is 2. The quantitative estimate of drug-likeness (QED) is 0.770. The molecule has 1 aromatic rings. The summed E-state index contributed by atoms with van der Waals surface area (Å²) < 4.78 is 5.40. The molecule has 1 rings (SSSR count). The Kier molecular flexibility index (Phi) is 3.32. The summed E-state index contributed by atoms with van der Waals surface area (Å²) in [5.41, 5.74) is 3.57. The van der Waals surface area contributed by atoms with Crippen molar-refractivity contribution < 1.29 is 9.84 Å². The van der Waals surface area contributed by atoms with Crippen molar-refractivity contribution in [2.24, 2.45) is 0 Å². The summed E-state index contributed by atoms with van der Waals surface area (Å²) in [5.74, 6) is 0.881. The third-order valence-corrected chi connectivity index (χ3v) is 2.11. The maximum atomic E-state index is 8.63. The van der Waals surface area contributed by atoms with Gasteiger partial charge >= 0.3 is 0 Å². The fraction of sp³-hybridized carbons (Fsp3) is 0.455. The van der Waals surface area contributed by atoms with Gasteiger partial charge in [-0.25, -0.2) is 0 Å². The Morgan fingerprint density at radius 3 is 2.54 bits per heavy atom. The van der Waals surface area contributed by atoms with E-state index in [1.54, 1.807) is 0 Å². The van der Waals surface area contributed by atoms with Crippen LogP contribution >= 0.6 is 0 Å². The minimum absolute atomic E-state index is 0.0619. The first-order chi connectivity index (χ1) is 6.15. The van der Waals surface area contributed by atoms with E-state index in [0.717, 1.165) is 11.3 Å². The van der Waals surface area contributed by atoms with Crippen LogP contribution in [0.1, 0.15) is 16.7 Å². The van der Waals surface area contributed by atoms with Crippen LogP contribution in [0.4, 0.5) is 0 Å². The van der Waals surface area contributed by atoms with Crippen LogP contribution in [0.2, 0.25) is 0 Å². The molecule has 0 saturated carbocycles. The second kappa shape index (κ2) is 4.28. The van der Waals surface area contributed by atoms with Gasteiger partial charge in [-0.2, -0.15) is 0 Å². The number of aliphatic hydroxyl groups excluding tert-OH is 1. The minimum Gasteiger partial charge on any atom is -0.491 e. The topological polar surface area (TPSA) is 29.5 Å². The van der Waals surface area contributed by atoms with Crippen LogP contribution in [-0.2, 0) is 0 Å². The van der Waals surface area contributed by atoms with E-state index in [2.05, 4.69) is 13.0 Å². The molecule has 0 atom stereocenters. The number of benzene rings is 1. The molecule has 1 aromatic carbocycles. The molecule has 0 aliphatic carbocycles. The first-order valence-electron chi connectivity index (χ1n) is 4.46. The Balaban J connectivity index is 2.92. The van der Waals surface area contributed by atoms with Gasteiger partial charge in [-0.1, -0.05) is 6.07 Å². The third kappa shape index (κ3) is 2.46. The predicted octanol–water partition coefficient (Wildman–Crippen LogP) is 1.98. The molecule has 0 heterocycles. The average Bonchev–Trinajstić information content (AvgIpc) is 2.09. The molecule has 0 radical (unpaired) electrons. The van der Waals surface area contributed by atoms with Gasteiger partial charge in [0, 0.05) is 0 Å². The van der Waals surface area contributed by atoms with E-state index < -0.39 is 0 Å². The van der Waals surface area contributed by atoms with Crippen molar-refractivity contribution in [3.05, 3.63) is 28.8 Å². The summed E-state index contributed by atoms with van der Waals surface area (Å²) in [6.07, 6.45) is 0. The van der Waals surface area contributed by atoms with E-state index in [9.17, 15) is 0 Å². The molecular weight excluding hydrogens is 164 g/mol. The van der Waals surface area contributed by atoms with E-state index in [-0.39, 0.29) is 6.61 Å². The Morgan fingerprint density at radius 2 is 1.92 bits per heavy atom. The number of ether oxygens (including phenoxy) is 1. The van der Waals surface area contributed by atoms with Crippen LogP contribution in [0.25, 0.3) is 0 Å². The zero-order chi connectivity index (χ0) is 9.84. The molecule has 2 nitrogen and oxygen atoms in total. The summed E-state index contributed by atoms with van der Waals surface area (Å²) >= 11 is 0. The van der Waals surface area contributed by atoms with Crippen molar-refractivity contribution in [3.8, 4) is 5.75 Å². The van der Waals surface area contributed by atoms with E-state index in [1.807, 2.05) is 19.9 Å². The van der Waals surface area contributed by atoms with Gasteiger partial charge in [0.15, 0.2) is 0 Å². The minimum atomic E-state index is 0.0619. The molecule has 0 unspecified atom stereocenters. The summed E-state index contributed by atoms with van der Waals surface area (Å²) in [7, 11) is 0. The molecule has 0 aromatic heterocycles. The summed E-state index contributed by atoms with van der Waals surface area (Å²) in [4.78, 5) is 0. The van der Waals surface area contributed by atoms with Crippen molar-refractivity contribution in [3.63, 3.8) is 0 Å². The van der Waals surface area contributed by atoms with Crippen molar-refractivity contribution in [1.29, 1.82) is 0 Å². The van der Waals surface area contributed by atoms with Crippen LogP contribution in [0.3, 0.4) is 0 Å². The molecule has 0 fully saturated rings. The lowest BCUT2D eigenvalue weighted by Gasteiger charge is -2.11. The lowest BCUT2D eigenvalue weighted by molar-refractivity contribution is 0.200. The second-order valence-electron chi connectivity index (χ2n) is 3.28. The van der Waals surface area contributed by atoms with Crippen LogP contribution in [0.5, 0.6) is 5.75 Å². The molecule has 13 heavy (non-hydrogen) atoms. The predicted molar refractivity (Wildman–Crippen MR) is 53.2 cm³/mol. The van der Waals surface area contributed by atoms with Crippen LogP contribution in [0.15, 0.2) is 12.1 Å². The summed E-state index contributed by atoms with van der Waals surface area (Å²) in [6, 6.07) is 4.12. The van der Waals surface area contributed by atoms with Gasteiger partial charge < -0.3 is 9.84 Å². The maximum absolute atomic E-state index is 8.63. The van der Waals surface area contributed by atoms with Gasteiger partial charge in [0.2, 0.25) is 0 Å². The SMILES string of the molecule is Cc1cc(C)c(C)c(OCCO)c1. The second-order valence-corrected chi connectivity index (χ2v) is 3.28. The van der Waals surface area contributed by atoms with Crippen molar-refractivity contribution >= 4 is 0 Å². The molecule has 1 N–H and O–H groups in total. The lowest BCUT2D eigenvalue weighted by atomic mass is 10.1. The standard InChI is InChI=1S/C11H16O2/c1-8-6-9(2)10(3)11(7-8)13-5-4-12/h6-7,12H,4-5H2,1-3H3. The third-order valence-electron chi connectivity index (χ3n) is 2.11. The highest BCUT2D eigenvalue weighted by molar-refractivity contribution is 5.41. The van der Waals surface area contributed by atoms with Crippen LogP contribution in [0, 0.1) is 20.8 Å². The van der Waals surface area contributed by atoms with Crippen molar-refractivity contribution in [2.45, 2.75) is 20.8 Å². The first kappa shape index (κ1) is 10.1. The van der Waals surface area contributed by atoms with Crippen molar-refractivity contribution in [1.82, 2.24) is 0 Å². The Hall–Kier alpha value is -1.02. The van der Waals surface area contributed by atoms with Crippen LogP contribution < -0.4 is 4.74 Å². The smallest absolute Gasteiger partial charge is 0.122 e. The Bertz CT molecular complexity index is 292. The van der Waals surface area contributed by atoms with Gasteiger partial charge in [0.1, 0.15) is 12.4 Å². The fourth-order valence-electron chi connectivity index (χ4n) is 1.31. The molecule has 0 aliphatic rings. The summed E-state index contributed by atoms with van der Waals surface area (Å²) in [5, 5.41) is 8.63. The van der Waals surface area contributed by atoms with E-state index in [1.165, 1.54) is 11.1 Å². The maximum Gasteiger partial charge on any atom is 0.122 e. The van der Waals surface area contributed by atoms with Crippen molar-refractivity contribution in [2.75, 3.05) is 13.2 Å². The Labute approximate surface area is 79.2 Å². The van der Waals surface area contributed by atoms with Gasteiger partial charge in [-0.3, -0.25) is 0 Å². The van der Waals surface area contributed by atoms with E-state index in [4.69, 9.17) is 9.84 Å². The molecule has 0 spiro atoms. The largest absolute Gasteiger partial charge is 0.491 e. The number of rotatable bonds is 3. The molecule has 2 heteroatoms. The molecule has 0 bridgehead atoms. The zero-order valence-electron chi connectivity index (χ0n) is 8.42. The van der Waals surface area contributed by atoms with Gasteiger partial charge in [-0.05, 0) is 43.5 Å². The number of aliphatic hydroxyl groups is 1. The van der Waals surface area contributed by atoms with E-state index in [0.29, 0.717) is 6.61 Å². The highest BCUT2D eigenvalue weighted by Gasteiger charge is 2.02. The molecule has 0 saturated heterocycles. The Morgan fingerprint density at radius 1 is 1.23 bits per heavy atom. The molecule has 0 amide bonds. The highest BCUT2D eigenvalue weighted by Crippen LogP contribution is 2.22. The number of hydrogen-bond donors (Lipinski definition) is 1. The van der Waals surface area contributed by atoms with E-state index >= 15 is 0 Å². The summed E-state index contributed by atoms with van der Waals surface area (Å²) in [6.45, 7) is 6.56. The monoisotopic (exact) mass is 180 g/mol. The normalized spacial score (nSPS) is 10.2. The lowest BCUT2D eigenvalue weighted by Crippen LogP contribution is -2.03. The zero-order valence-corrected chi connectivity index (χ0v) is 8.42. The van der Waals surface area contributed by atoms with Gasteiger partial charge in [-0.15, -0.1) is 0 Å². The van der Waals surface area contributed by atoms with Gasteiger partial charge in [0.25, 0.3) is 0 Å². The first-order valence-corrected chi connectivity index (χ1v) is 4.46. The average molecular weight is 180 g/mol. The molecule has 0 aliphatic heterocycles. The van der Waals surface area contributed by atoms with Gasteiger partial charge in [0.05, 0.1) is 6.61 Å². The molecular formula is C11H16O2. The number of hydrogen-bond acceptors (Lipinski definition) is 2. The fourth-order valence-corrected chi connectivity index (χ4v) is 1.31. The van der Waals surface area contributed by atoms with Crippen LogP contribution in [-0.4, -0.2) is 18.3 Å². The highest BCUT2D eigenvalue weighted by atomic mass is 16.5. The molecule has 72 valence electrons.